The predicted octanol–water partition coefficient (Wildman–Crippen LogP) is 3.24. The molecule has 0 aromatic carbocycles. The molecule has 19 heavy (non-hydrogen) atoms. The van der Waals surface area contributed by atoms with Crippen LogP contribution in [0.4, 0.5) is 0 Å². The third-order valence-electron chi connectivity index (χ3n) is 2.81. The molecule has 0 fully saturated rings. The Morgan fingerprint density at radius 3 is 3.00 bits per heavy atom. The summed E-state index contributed by atoms with van der Waals surface area (Å²) < 4.78 is 5.06. The number of nitrogens with one attached hydrogen (secondary N) is 1. The van der Waals surface area contributed by atoms with Crippen LogP contribution < -0.4 is 5.32 Å². The summed E-state index contributed by atoms with van der Waals surface area (Å²) in [5.74, 6) is 0.583. The lowest BCUT2D eigenvalue weighted by Gasteiger charge is -2.16. The van der Waals surface area contributed by atoms with Gasteiger partial charge >= 0.3 is 0 Å². The fourth-order valence-electron chi connectivity index (χ4n) is 1.97. The number of nitrogens with zero attached hydrogens (tertiary/aromatic N) is 1. The zero-order valence-corrected chi connectivity index (χ0v) is 12.0. The van der Waals surface area contributed by atoms with Gasteiger partial charge in [-0.2, -0.15) is 0 Å². The summed E-state index contributed by atoms with van der Waals surface area (Å²) in [7, 11) is 0. The van der Waals surface area contributed by atoms with E-state index in [1.54, 1.807) is 17.4 Å². The van der Waals surface area contributed by atoms with Crippen molar-refractivity contribution in [2.75, 3.05) is 0 Å². The van der Waals surface area contributed by atoms with E-state index >= 15 is 0 Å². The zero-order valence-electron chi connectivity index (χ0n) is 11.2. The van der Waals surface area contributed by atoms with Gasteiger partial charge in [-0.25, -0.2) is 0 Å². The van der Waals surface area contributed by atoms with Crippen molar-refractivity contribution >= 4 is 17.2 Å². The Kier molecular flexibility index (Phi) is 4.74. The molecule has 0 bridgehead atoms. The van der Waals surface area contributed by atoms with Crippen molar-refractivity contribution in [3.05, 3.63) is 39.9 Å². The molecule has 0 spiro atoms. The second kappa shape index (κ2) is 6.52. The van der Waals surface area contributed by atoms with Crippen molar-refractivity contribution in [1.29, 1.82) is 0 Å². The van der Waals surface area contributed by atoms with Gasteiger partial charge in [0.25, 0.3) is 0 Å². The first kappa shape index (κ1) is 13.8. The summed E-state index contributed by atoms with van der Waals surface area (Å²) in [5.41, 5.74) is 0.797. The summed E-state index contributed by atoms with van der Waals surface area (Å²) in [6, 6.07) is 5.96. The number of hydrogen-bond acceptors (Lipinski definition) is 4. The molecule has 2 heterocycles. The Balaban J connectivity index is 1.95. The second-order valence-electron chi connectivity index (χ2n) is 4.54. The van der Waals surface area contributed by atoms with Gasteiger partial charge < -0.3 is 9.84 Å². The summed E-state index contributed by atoms with van der Waals surface area (Å²) in [6.07, 6.45) is 2.22. The Hall–Kier alpha value is -1.62. The van der Waals surface area contributed by atoms with Gasteiger partial charge in [0.05, 0.1) is 18.2 Å². The number of hydrogen-bond donors (Lipinski definition) is 1. The minimum absolute atomic E-state index is 0.0250. The van der Waals surface area contributed by atoms with E-state index in [-0.39, 0.29) is 18.4 Å². The smallest absolute Gasteiger partial charge is 0.228 e. The molecule has 0 saturated carbocycles. The highest BCUT2D eigenvalue weighted by Gasteiger charge is 2.16. The summed E-state index contributed by atoms with van der Waals surface area (Å²) in [5, 5.41) is 8.88. The molecule has 5 heteroatoms. The average Bonchev–Trinajstić information content (AvgIpc) is 3.00. The predicted molar refractivity (Wildman–Crippen MR) is 75.1 cm³/mol. The largest absolute Gasteiger partial charge is 0.361 e. The lowest BCUT2D eigenvalue weighted by Crippen LogP contribution is -2.29. The lowest BCUT2D eigenvalue weighted by atomic mass is 10.1. The molecule has 0 saturated heterocycles. The van der Waals surface area contributed by atoms with E-state index in [0.29, 0.717) is 5.76 Å². The molecule has 0 aliphatic carbocycles. The number of aryl methyl sites for hydroxylation is 1. The van der Waals surface area contributed by atoms with E-state index < -0.39 is 0 Å². The Morgan fingerprint density at radius 1 is 1.58 bits per heavy atom. The molecule has 102 valence electrons. The molecule has 2 rings (SSSR count). The third-order valence-corrected chi connectivity index (χ3v) is 3.80. The van der Waals surface area contributed by atoms with Crippen LogP contribution >= 0.6 is 11.3 Å². The van der Waals surface area contributed by atoms with Gasteiger partial charge in [0.1, 0.15) is 5.76 Å². The fourth-order valence-corrected chi connectivity index (χ4v) is 2.78. The molecule has 1 amide bonds. The van der Waals surface area contributed by atoms with Crippen LogP contribution in [0, 0.1) is 6.92 Å². The van der Waals surface area contributed by atoms with Crippen LogP contribution in [0.3, 0.4) is 0 Å². The first-order valence-electron chi connectivity index (χ1n) is 6.44. The maximum absolute atomic E-state index is 12.0. The van der Waals surface area contributed by atoms with E-state index in [4.69, 9.17) is 4.52 Å². The van der Waals surface area contributed by atoms with Crippen LogP contribution in [0.2, 0.25) is 0 Å². The molecule has 0 unspecified atom stereocenters. The molecular formula is C14H18N2O2S. The number of rotatable bonds is 6. The molecule has 2 aromatic heterocycles. The van der Waals surface area contributed by atoms with Crippen molar-refractivity contribution in [2.24, 2.45) is 0 Å². The Morgan fingerprint density at radius 2 is 2.42 bits per heavy atom. The minimum atomic E-state index is -0.0250. The SMILES string of the molecule is CCC[C@@H](NC(=O)Cc1cc(C)no1)c1cccs1. The van der Waals surface area contributed by atoms with Crippen LogP contribution in [0.15, 0.2) is 28.1 Å². The zero-order chi connectivity index (χ0) is 13.7. The number of carbonyl (C=O) groups is 1. The monoisotopic (exact) mass is 278 g/mol. The number of carbonyl (C=O) groups excluding carboxylic acids is 1. The highest BCUT2D eigenvalue weighted by atomic mass is 32.1. The molecule has 0 aliphatic heterocycles. The minimum Gasteiger partial charge on any atom is -0.361 e. The standard InChI is InChI=1S/C14H18N2O2S/c1-3-5-12(13-6-4-7-19-13)15-14(17)9-11-8-10(2)16-18-11/h4,6-8,12H,3,5,9H2,1-2H3,(H,15,17)/t12-/m1/s1. The molecule has 1 N–H and O–H groups in total. The highest BCUT2D eigenvalue weighted by molar-refractivity contribution is 7.10. The van der Waals surface area contributed by atoms with E-state index in [1.807, 2.05) is 18.4 Å². The average molecular weight is 278 g/mol. The van der Waals surface area contributed by atoms with Crippen molar-refractivity contribution in [3.8, 4) is 0 Å². The molecule has 0 radical (unpaired) electrons. The van der Waals surface area contributed by atoms with Crippen molar-refractivity contribution < 1.29 is 9.32 Å². The molecule has 0 aliphatic rings. The number of thiophene rings is 1. The molecule has 2 aromatic rings. The van der Waals surface area contributed by atoms with Crippen LogP contribution in [0.5, 0.6) is 0 Å². The third kappa shape index (κ3) is 3.92. The first-order chi connectivity index (χ1) is 9.19. The van der Waals surface area contributed by atoms with Crippen LogP contribution in [0.1, 0.15) is 42.1 Å². The topological polar surface area (TPSA) is 55.1 Å². The van der Waals surface area contributed by atoms with Gasteiger partial charge in [-0.05, 0) is 24.8 Å². The van der Waals surface area contributed by atoms with Crippen molar-refractivity contribution in [3.63, 3.8) is 0 Å². The van der Waals surface area contributed by atoms with Gasteiger partial charge in [0.15, 0.2) is 0 Å². The van der Waals surface area contributed by atoms with E-state index in [2.05, 4.69) is 23.5 Å². The maximum atomic E-state index is 12.0. The number of aromatic nitrogens is 1. The Bertz CT molecular complexity index is 519. The normalized spacial score (nSPS) is 12.3. The summed E-state index contributed by atoms with van der Waals surface area (Å²) in [4.78, 5) is 13.2. The van der Waals surface area contributed by atoms with Crippen LogP contribution in [0.25, 0.3) is 0 Å². The van der Waals surface area contributed by atoms with Crippen LogP contribution in [-0.2, 0) is 11.2 Å². The molecule has 4 nitrogen and oxygen atoms in total. The maximum Gasteiger partial charge on any atom is 0.228 e. The van der Waals surface area contributed by atoms with Crippen molar-refractivity contribution in [1.82, 2.24) is 10.5 Å². The van der Waals surface area contributed by atoms with E-state index in [9.17, 15) is 4.79 Å². The molecular weight excluding hydrogens is 260 g/mol. The fraction of sp³-hybridized carbons (Fsp3) is 0.429. The highest BCUT2D eigenvalue weighted by Crippen LogP contribution is 2.23. The van der Waals surface area contributed by atoms with Crippen molar-refractivity contribution in [2.45, 2.75) is 39.2 Å². The van der Waals surface area contributed by atoms with E-state index in [0.717, 1.165) is 18.5 Å². The summed E-state index contributed by atoms with van der Waals surface area (Å²) in [6.45, 7) is 3.96. The quantitative estimate of drug-likeness (QED) is 0.882. The lowest BCUT2D eigenvalue weighted by molar-refractivity contribution is -0.121. The van der Waals surface area contributed by atoms with Gasteiger partial charge in [0, 0.05) is 10.9 Å². The van der Waals surface area contributed by atoms with Gasteiger partial charge in [-0.15, -0.1) is 11.3 Å². The Labute approximate surface area is 116 Å². The second-order valence-corrected chi connectivity index (χ2v) is 5.51. The summed E-state index contributed by atoms with van der Waals surface area (Å²) >= 11 is 1.67. The number of amides is 1. The van der Waals surface area contributed by atoms with Gasteiger partial charge in [-0.3, -0.25) is 4.79 Å². The molecule has 1 atom stereocenters. The van der Waals surface area contributed by atoms with E-state index in [1.165, 1.54) is 4.88 Å². The van der Waals surface area contributed by atoms with Gasteiger partial charge in [-0.1, -0.05) is 24.6 Å². The van der Waals surface area contributed by atoms with Crippen LogP contribution in [-0.4, -0.2) is 11.1 Å². The van der Waals surface area contributed by atoms with Gasteiger partial charge in [0.2, 0.25) is 5.91 Å². The first-order valence-corrected chi connectivity index (χ1v) is 7.32.